The van der Waals surface area contributed by atoms with Crippen LogP contribution in [0.15, 0.2) is 24.3 Å². The van der Waals surface area contributed by atoms with E-state index < -0.39 is 0 Å². The van der Waals surface area contributed by atoms with Gasteiger partial charge in [-0.05, 0) is 60.8 Å². The minimum Gasteiger partial charge on any atom is -0.396 e. The molecule has 1 saturated carbocycles. The number of aliphatic hydroxyl groups is 1. The van der Waals surface area contributed by atoms with Gasteiger partial charge in [0.25, 0.3) is 0 Å². The molecule has 1 aromatic carbocycles. The third-order valence-corrected chi connectivity index (χ3v) is 6.15. The number of hydrogen-bond donors (Lipinski definition) is 2. The van der Waals surface area contributed by atoms with E-state index in [1.807, 2.05) is 11.8 Å². The van der Waals surface area contributed by atoms with Crippen molar-refractivity contribution >= 4 is 11.8 Å². The molecule has 3 heteroatoms. The van der Waals surface area contributed by atoms with Crippen molar-refractivity contribution < 1.29 is 5.11 Å². The van der Waals surface area contributed by atoms with Crippen molar-refractivity contribution in [2.75, 3.05) is 24.7 Å². The van der Waals surface area contributed by atoms with Gasteiger partial charge < -0.3 is 10.4 Å². The number of thioether (sulfide) groups is 1. The van der Waals surface area contributed by atoms with Gasteiger partial charge in [-0.25, -0.2) is 0 Å². The predicted octanol–water partition coefficient (Wildman–Crippen LogP) is 2.89. The van der Waals surface area contributed by atoms with Crippen molar-refractivity contribution in [3.63, 3.8) is 0 Å². The van der Waals surface area contributed by atoms with Crippen LogP contribution in [0.5, 0.6) is 0 Å². The molecule has 0 aliphatic heterocycles. The summed E-state index contributed by atoms with van der Waals surface area (Å²) in [6.07, 6.45) is 6.25. The largest absolute Gasteiger partial charge is 0.396 e. The Balaban J connectivity index is 1.51. The van der Waals surface area contributed by atoms with Gasteiger partial charge in [-0.3, -0.25) is 0 Å². The second-order valence-corrected chi connectivity index (χ2v) is 7.67. The molecule has 3 rings (SSSR count). The lowest BCUT2D eigenvalue weighted by molar-refractivity contribution is 0.296. The lowest BCUT2D eigenvalue weighted by Crippen LogP contribution is -2.39. The van der Waals surface area contributed by atoms with Gasteiger partial charge in [0.2, 0.25) is 0 Å². The maximum absolute atomic E-state index is 8.79. The van der Waals surface area contributed by atoms with Crippen molar-refractivity contribution in [1.82, 2.24) is 5.32 Å². The van der Waals surface area contributed by atoms with Gasteiger partial charge in [0.05, 0.1) is 0 Å². The molecule has 0 saturated heterocycles. The molecule has 0 heterocycles. The molecule has 21 heavy (non-hydrogen) atoms. The van der Waals surface area contributed by atoms with Gasteiger partial charge in [-0.15, -0.1) is 0 Å². The maximum Gasteiger partial charge on any atom is 0.0438 e. The van der Waals surface area contributed by atoms with Crippen LogP contribution in [0.25, 0.3) is 0 Å². The lowest BCUT2D eigenvalue weighted by atomic mass is 9.94. The van der Waals surface area contributed by atoms with Crippen LogP contribution in [-0.4, -0.2) is 35.8 Å². The van der Waals surface area contributed by atoms with E-state index in [1.54, 1.807) is 11.1 Å². The molecule has 0 spiro atoms. The fraction of sp³-hybridized carbons (Fsp3) is 0.667. The third kappa shape index (κ3) is 3.82. The summed E-state index contributed by atoms with van der Waals surface area (Å²) < 4.78 is 0. The summed E-state index contributed by atoms with van der Waals surface area (Å²) in [4.78, 5) is 0. The monoisotopic (exact) mass is 305 g/mol. The molecular weight excluding hydrogens is 278 g/mol. The van der Waals surface area contributed by atoms with Gasteiger partial charge >= 0.3 is 0 Å². The van der Waals surface area contributed by atoms with Crippen molar-refractivity contribution in [1.29, 1.82) is 0 Å². The second-order valence-electron chi connectivity index (χ2n) is 6.44. The molecule has 2 nitrogen and oxygen atoms in total. The molecule has 2 bridgehead atoms. The van der Waals surface area contributed by atoms with Crippen molar-refractivity contribution in [3.05, 3.63) is 35.4 Å². The highest BCUT2D eigenvalue weighted by Crippen LogP contribution is 2.39. The summed E-state index contributed by atoms with van der Waals surface area (Å²) in [5.41, 5.74) is 3.18. The molecule has 0 amide bonds. The molecular formula is C18H27NOS. The van der Waals surface area contributed by atoms with E-state index in [4.69, 9.17) is 5.11 Å². The summed E-state index contributed by atoms with van der Waals surface area (Å²) in [5.74, 6) is 3.92. The quantitative estimate of drug-likeness (QED) is 0.760. The van der Waals surface area contributed by atoms with E-state index in [1.165, 1.54) is 31.4 Å². The molecule has 2 N–H and O–H groups in total. The predicted molar refractivity (Wildman–Crippen MR) is 90.9 cm³/mol. The first kappa shape index (κ1) is 15.4. The molecule has 116 valence electrons. The van der Waals surface area contributed by atoms with Crippen LogP contribution >= 0.6 is 11.8 Å². The van der Waals surface area contributed by atoms with Gasteiger partial charge in [0, 0.05) is 24.9 Å². The van der Waals surface area contributed by atoms with E-state index in [2.05, 4.69) is 29.6 Å². The summed E-state index contributed by atoms with van der Waals surface area (Å²) in [5, 5.41) is 12.6. The zero-order valence-electron chi connectivity index (χ0n) is 12.8. The Labute approximate surface area is 132 Å². The van der Waals surface area contributed by atoms with E-state index >= 15 is 0 Å². The van der Waals surface area contributed by atoms with Crippen LogP contribution < -0.4 is 5.32 Å². The van der Waals surface area contributed by atoms with Crippen LogP contribution in [0, 0.1) is 11.8 Å². The first-order valence-electron chi connectivity index (χ1n) is 8.37. The highest BCUT2D eigenvalue weighted by molar-refractivity contribution is 7.99. The van der Waals surface area contributed by atoms with E-state index in [9.17, 15) is 0 Å². The Hall–Kier alpha value is -0.510. The van der Waals surface area contributed by atoms with Crippen molar-refractivity contribution in [3.8, 4) is 0 Å². The Morgan fingerprint density at radius 1 is 1.05 bits per heavy atom. The van der Waals surface area contributed by atoms with Crippen LogP contribution in [0.2, 0.25) is 0 Å². The minimum absolute atomic E-state index is 0.325. The third-order valence-electron chi connectivity index (χ3n) is 5.08. The number of hydrogen-bond acceptors (Lipinski definition) is 3. The number of aliphatic hydroxyl groups excluding tert-OH is 1. The first-order chi connectivity index (χ1) is 10.4. The summed E-state index contributed by atoms with van der Waals surface area (Å²) in [7, 11) is 0. The van der Waals surface area contributed by atoms with Gasteiger partial charge in [-0.2, -0.15) is 11.8 Å². The Morgan fingerprint density at radius 2 is 1.71 bits per heavy atom. The van der Waals surface area contributed by atoms with Gasteiger partial charge in [0.15, 0.2) is 0 Å². The fourth-order valence-corrected chi connectivity index (χ4v) is 4.85. The molecule has 2 atom stereocenters. The molecule has 2 unspecified atom stereocenters. The van der Waals surface area contributed by atoms with E-state index in [-0.39, 0.29) is 0 Å². The highest BCUT2D eigenvalue weighted by Gasteiger charge is 2.38. The summed E-state index contributed by atoms with van der Waals surface area (Å²) >= 11 is 1.96. The average molecular weight is 305 g/mol. The Kier molecular flexibility index (Phi) is 5.61. The molecule has 1 aromatic rings. The molecule has 0 aromatic heterocycles. The first-order valence-corrected chi connectivity index (χ1v) is 9.52. The topological polar surface area (TPSA) is 32.3 Å². The zero-order chi connectivity index (χ0) is 14.5. The lowest BCUT2D eigenvalue weighted by Gasteiger charge is -2.23. The van der Waals surface area contributed by atoms with E-state index in [0.717, 1.165) is 36.6 Å². The number of rotatable bonds is 7. The normalized spacial score (nSPS) is 27.4. The molecule has 2 aliphatic rings. The fourth-order valence-electron chi connectivity index (χ4n) is 4.05. The SMILES string of the molecule is OCCCSCCNC1C2CCC1Cc1ccccc1C2. The van der Waals surface area contributed by atoms with E-state index in [0.29, 0.717) is 6.61 Å². The number of nitrogens with one attached hydrogen (secondary N) is 1. The van der Waals surface area contributed by atoms with Crippen LogP contribution in [0.4, 0.5) is 0 Å². The molecule has 0 radical (unpaired) electrons. The van der Waals surface area contributed by atoms with Crippen molar-refractivity contribution in [2.45, 2.75) is 38.1 Å². The van der Waals surface area contributed by atoms with Crippen molar-refractivity contribution in [2.24, 2.45) is 11.8 Å². The minimum atomic E-state index is 0.325. The maximum atomic E-state index is 8.79. The molecule has 2 aliphatic carbocycles. The number of fused-ring (bicyclic) bond motifs is 3. The van der Waals surface area contributed by atoms with Crippen LogP contribution in [0.1, 0.15) is 30.4 Å². The Morgan fingerprint density at radius 3 is 2.33 bits per heavy atom. The standard InChI is InChI=1S/C18H27NOS/c20-9-3-10-21-11-8-19-18-16-6-7-17(18)13-15-5-2-1-4-14(15)12-16/h1-2,4-5,16-20H,3,6-13H2. The van der Waals surface area contributed by atoms with Crippen LogP contribution in [-0.2, 0) is 12.8 Å². The zero-order valence-corrected chi connectivity index (χ0v) is 13.6. The second kappa shape index (κ2) is 7.66. The summed E-state index contributed by atoms with van der Waals surface area (Å²) in [6, 6.07) is 9.77. The van der Waals surface area contributed by atoms with Gasteiger partial charge in [0.1, 0.15) is 0 Å². The van der Waals surface area contributed by atoms with Crippen LogP contribution in [0.3, 0.4) is 0 Å². The summed E-state index contributed by atoms with van der Waals surface area (Å²) in [6.45, 7) is 1.44. The highest BCUT2D eigenvalue weighted by atomic mass is 32.2. The average Bonchev–Trinajstić information content (AvgIpc) is 2.77. The number of benzene rings is 1. The molecule has 1 fully saturated rings. The Bertz CT molecular complexity index is 418. The smallest absolute Gasteiger partial charge is 0.0438 e. The van der Waals surface area contributed by atoms with Gasteiger partial charge in [-0.1, -0.05) is 24.3 Å².